The average Bonchev–Trinajstić information content (AvgIpc) is 2.67. The highest BCUT2D eigenvalue weighted by Gasteiger charge is 2.35. The molecule has 2 aromatic rings. The van der Waals surface area contributed by atoms with Crippen molar-refractivity contribution in [2.45, 2.75) is 12.3 Å². The molecule has 0 bridgehead atoms. The van der Waals surface area contributed by atoms with Crippen molar-refractivity contribution in [3.05, 3.63) is 35.7 Å². The zero-order valence-electron chi connectivity index (χ0n) is 8.25. The van der Waals surface area contributed by atoms with E-state index in [9.17, 15) is 8.78 Å². The van der Waals surface area contributed by atoms with E-state index in [1.54, 1.807) is 12.1 Å². The molecule has 0 unspecified atom stereocenters. The third kappa shape index (κ3) is 2.19. The van der Waals surface area contributed by atoms with Gasteiger partial charge in [0.05, 0.1) is 0 Å². The maximum absolute atomic E-state index is 12.6. The first-order valence-corrected chi connectivity index (χ1v) is 4.82. The Bertz CT molecular complexity index is 490. The zero-order chi connectivity index (χ0) is 11.8. The molecule has 0 aliphatic rings. The number of halogens is 3. The van der Waals surface area contributed by atoms with E-state index in [1.807, 2.05) is 19.1 Å². The smallest absolute Gasteiger partial charge is 0.331 e. The first-order valence-electron chi connectivity index (χ1n) is 4.45. The minimum Gasteiger partial charge on any atom is -0.331 e. The second-order valence-electron chi connectivity index (χ2n) is 3.29. The van der Waals surface area contributed by atoms with Gasteiger partial charge in [-0.25, -0.2) is 0 Å². The van der Waals surface area contributed by atoms with Crippen molar-refractivity contribution in [1.29, 1.82) is 0 Å². The lowest BCUT2D eigenvalue weighted by molar-refractivity contribution is 0.0551. The molecule has 0 saturated heterocycles. The van der Waals surface area contributed by atoms with Gasteiger partial charge in [0.2, 0.25) is 5.82 Å². The van der Waals surface area contributed by atoms with E-state index in [0.29, 0.717) is 5.56 Å². The molecule has 0 aliphatic heterocycles. The Hall–Kier alpha value is -1.49. The fourth-order valence-electron chi connectivity index (χ4n) is 1.16. The molecular weight excluding hydrogens is 238 g/mol. The summed E-state index contributed by atoms with van der Waals surface area (Å²) in [5, 5.41) is -0.197. The topological polar surface area (TPSA) is 38.9 Å². The number of alkyl halides is 3. The van der Waals surface area contributed by atoms with Gasteiger partial charge in [-0.2, -0.15) is 13.8 Å². The van der Waals surface area contributed by atoms with E-state index < -0.39 is 11.3 Å². The second-order valence-corrected chi connectivity index (χ2v) is 3.76. The maximum Gasteiger partial charge on any atom is 0.400 e. The highest BCUT2D eigenvalue weighted by molar-refractivity contribution is 6.21. The molecule has 2 rings (SSSR count). The van der Waals surface area contributed by atoms with Crippen molar-refractivity contribution in [1.82, 2.24) is 10.1 Å². The number of rotatable bonds is 2. The van der Waals surface area contributed by atoms with E-state index in [2.05, 4.69) is 14.7 Å². The number of aryl methyl sites for hydroxylation is 1. The molecule has 0 amide bonds. The van der Waals surface area contributed by atoms with Crippen molar-refractivity contribution < 1.29 is 13.3 Å². The summed E-state index contributed by atoms with van der Waals surface area (Å²) in [6.45, 7) is 1.92. The summed E-state index contributed by atoms with van der Waals surface area (Å²) in [4.78, 5) is 3.52. The van der Waals surface area contributed by atoms with Crippen LogP contribution in [0.5, 0.6) is 0 Å². The minimum absolute atomic E-state index is 0.0929. The molecule has 0 fully saturated rings. The highest BCUT2D eigenvalue weighted by Crippen LogP contribution is 2.31. The lowest BCUT2D eigenvalue weighted by atomic mass is 10.1. The van der Waals surface area contributed by atoms with Crippen LogP contribution in [0, 0.1) is 6.92 Å². The van der Waals surface area contributed by atoms with Crippen molar-refractivity contribution in [3.63, 3.8) is 0 Å². The van der Waals surface area contributed by atoms with Crippen molar-refractivity contribution in [3.8, 4) is 11.4 Å². The molecule has 0 aliphatic carbocycles. The van der Waals surface area contributed by atoms with Gasteiger partial charge in [0.25, 0.3) is 0 Å². The predicted octanol–water partition coefficient (Wildman–Crippen LogP) is 3.33. The average molecular weight is 245 g/mol. The van der Waals surface area contributed by atoms with Gasteiger partial charge in [0, 0.05) is 5.56 Å². The lowest BCUT2D eigenvalue weighted by Gasteiger charge is -1.98. The van der Waals surface area contributed by atoms with Crippen LogP contribution in [0.3, 0.4) is 0 Å². The highest BCUT2D eigenvalue weighted by atomic mass is 35.5. The van der Waals surface area contributed by atoms with Gasteiger partial charge in [-0.3, -0.25) is 0 Å². The number of aromatic nitrogens is 2. The molecule has 0 saturated carbocycles. The zero-order valence-corrected chi connectivity index (χ0v) is 9.00. The molecule has 3 nitrogen and oxygen atoms in total. The summed E-state index contributed by atoms with van der Waals surface area (Å²) in [5.41, 5.74) is 1.65. The Labute approximate surface area is 95.0 Å². The van der Waals surface area contributed by atoms with Crippen LogP contribution in [-0.4, -0.2) is 10.1 Å². The van der Waals surface area contributed by atoms with E-state index in [-0.39, 0.29) is 5.82 Å². The van der Waals surface area contributed by atoms with Gasteiger partial charge >= 0.3 is 11.3 Å². The van der Waals surface area contributed by atoms with Crippen LogP contribution in [-0.2, 0) is 5.38 Å². The SMILES string of the molecule is Cc1ccc(-c2noc(C(F)(F)Cl)n2)cc1. The summed E-state index contributed by atoms with van der Waals surface area (Å²) in [6.07, 6.45) is 0. The van der Waals surface area contributed by atoms with Crippen LogP contribution in [0.25, 0.3) is 11.4 Å². The minimum atomic E-state index is -3.63. The molecule has 1 aromatic carbocycles. The van der Waals surface area contributed by atoms with E-state index in [0.717, 1.165) is 5.56 Å². The van der Waals surface area contributed by atoms with Gasteiger partial charge in [0.1, 0.15) is 0 Å². The molecule has 6 heteroatoms. The number of nitrogens with zero attached hydrogens (tertiary/aromatic N) is 2. The Balaban J connectivity index is 2.35. The van der Waals surface area contributed by atoms with E-state index >= 15 is 0 Å². The Morgan fingerprint density at radius 2 is 1.88 bits per heavy atom. The maximum atomic E-state index is 12.6. The summed E-state index contributed by atoms with van der Waals surface area (Å²) in [5.74, 6) is -0.805. The summed E-state index contributed by atoms with van der Waals surface area (Å²) in [6, 6.07) is 7.08. The molecule has 1 aromatic heterocycles. The van der Waals surface area contributed by atoms with Crippen LogP contribution < -0.4 is 0 Å². The van der Waals surface area contributed by atoms with E-state index in [4.69, 9.17) is 11.6 Å². The van der Waals surface area contributed by atoms with Crippen LogP contribution in [0.15, 0.2) is 28.8 Å². The second kappa shape index (κ2) is 3.83. The van der Waals surface area contributed by atoms with Crippen molar-refractivity contribution in [2.24, 2.45) is 0 Å². The van der Waals surface area contributed by atoms with Crippen LogP contribution in [0.4, 0.5) is 8.78 Å². The third-order valence-electron chi connectivity index (χ3n) is 1.98. The van der Waals surface area contributed by atoms with Gasteiger partial charge in [-0.15, -0.1) is 0 Å². The first kappa shape index (κ1) is 11.0. The lowest BCUT2D eigenvalue weighted by Crippen LogP contribution is -2.03. The summed E-state index contributed by atoms with van der Waals surface area (Å²) in [7, 11) is 0. The Morgan fingerprint density at radius 3 is 2.38 bits per heavy atom. The van der Waals surface area contributed by atoms with Crippen LogP contribution >= 0.6 is 11.6 Å². The molecule has 1 heterocycles. The fourth-order valence-corrected chi connectivity index (χ4v) is 1.24. The van der Waals surface area contributed by atoms with Crippen LogP contribution in [0.1, 0.15) is 11.5 Å². The van der Waals surface area contributed by atoms with Gasteiger partial charge in [-0.05, 0) is 18.5 Å². The Kier molecular flexibility index (Phi) is 2.63. The Morgan fingerprint density at radius 1 is 1.25 bits per heavy atom. The van der Waals surface area contributed by atoms with Gasteiger partial charge < -0.3 is 4.52 Å². The van der Waals surface area contributed by atoms with E-state index in [1.165, 1.54) is 0 Å². The summed E-state index contributed by atoms with van der Waals surface area (Å²) < 4.78 is 29.6. The van der Waals surface area contributed by atoms with Gasteiger partial charge in [-0.1, -0.05) is 35.0 Å². The molecule has 0 N–H and O–H groups in total. The molecule has 84 valence electrons. The van der Waals surface area contributed by atoms with Gasteiger partial charge in [0.15, 0.2) is 0 Å². The number of benzene rings is 1. The third-order valence-corrected chi connectivity index (χ3v) is 2.14. The largest absolute Gasteiger partial charge is 0.400 e. The van der Waals surface area contributed by atoms with Crippen LogP contribution in [0.2, 0.25) is 0 Å². The molecular formula is C10H7ClF2N2O. The number of hydrogen-bond donors (Lipinski definition) is 0. The first-order chi connectivity index (χ1) is 7.47. The van der Waals surface area contributed by atoms with Crippen molar-refractivity contribution in [2.75, 3.05) is 0 Å². The molecule has 16 heavy (non-hydrogen) atoms. The summed E-state index contributed by atoms with van der Waals surface area (Å²) >= 11 is 4.75. The standard InChI is InChI=1S/C10H7ClF2N2O/c1-6-2-4-7(5-3-6)8-14-9(16-15-8)10(11,12)13/h2-5H,1H3. The molecule has 0 atom stereocenters. The predicted molar refractivity (Wildman–Crippen MR) is 54.2 cm³/mol. The molecule has 0 radical (unpaired) electrons. The quantitative estimate of drug-likeness (QED) is 0.761. The molecule has 0 spiro atoms. The number of hydrogen-bond acceptors (Lipinski definition) is 3. The normalized spacial score (nSPS) is 11.8. The monoisotopic (exact) mass is 244 g/mol. The fraction of sp³-hybridized carbons (Fsp3) is 0.200. The van der Waals surface area contributed by atoms with Crippen molar-refractivity contribution >= 4 is 11.6 Å².